The number of hydrogen-bond donors (Lipinski definition) is 2. The zero-order valence-corrected chi connectivity index (χ0v) is 14.1. The van der Waals surface area contributed by atoms with E-state index in [4.69, 9.17) is 9.26 Å². The highest BCUT2D eigenvalue weighted by Gasteiger charge is 2.15. The molecule has 0 aliphatic rings. The van der Waals surface area contributed by atoms with Gasteiger partial charge >= 0.3 is 0 Å². The van der Waals surface area contributed by atoms with Crippen LogP contribution in [0, 0.1) is 6.92 Å². The van der Waals surface area contributed by atoms with E-state index < -0.39 is 0 Å². The van der Waals surface area contributed by atoms with Crippen LogP contribution in [-0.2, 0) is 13.0 Å². The molecule has 0 radical (unpaired) electrons. The molecular weight excluding hydrogens is 296 g/mol. The minimum atomic E-state index is -0.202. The normalized spacial score (nSPS) is 11.0. The summed E-state index contributed by atoms with van der Waals surface area (Å²) < 4.78 is 10.9. The molecule has 0 bridgehead atoms. The van der Waals surface area contributed by atoms with Crippen molar-refractivity contribution in [2.75, 3.05) is 0 Å². The number of aromatic nitrogens is 3. The average Bonchev–Trinajstić information content (AvgIpc) is 3.09. The van der Waals surface area contributed by atoms with Gasteiger partial charge in [0.05, 0.1) is 11.3 Å². The van der Waals surface area contributed by atoms with Crippen LogP contribution in [0.2, 0.25) is 0 Å². The first kappa shape index (κ1) is 17.1. The second kappa shape index (κ2) is 7.80. The maximum atomic E-state index is 11.9. The Morgan fingerprint density at radius 3 is 2.96 bits per heavy atom. The molecule has 0 saturated carbocycles. The SMILES string of the molecule is CCCCc1noc(C)c1COc1cc(C(=O)NC(C)C)[nH]n1. The van der Waals surface area contributed by atoms with Crippen molar-refractivity contribution >= 4 is 5.91 Å². The van der Waals surface area contributed by atoms with Gasteiger partial charge < -0.3 is 14.6 Å². The maximum absolute atomic E-state index is 11.9. The van der Waals surface area contributed by atoms with Crippen LogP contribution in [0.4, 0.5) is 0 Å². The second-order valence-corrected chi connectivity index (χ2v) is 5.80. The molecule has 0 atom stereocenters. The Morgan fingerprint density at radius 2 is 2.26 bits per heavy atom. The Balaban J connectivity index is 1.98. The Hall–Kier alpha value is -2.31. The summed E-state index contributed by atoms with van der Waals surface area (Å²) in [5, 5.41) is 13.6. The van der Waals surface area contributed by atoms with Crippen LogP contribution in [0.15, 0.2) is 10.6 Å². The molecule has 0 aliphatic carbocycles. The van der Waals surface area contributed by atoms with E-state index in [2.05, 4.69) is 27.6 Å². The van der Waals surface area contributed by atoms with E-state index in [0.29, 0.717) is 18.2 Å². The standard InChI is InChI=1S/C16H24N4O3/c1-5-6-7-13-12(11(4)23-20-13)9-22-15-8-14(18-19-15)16(21)17-10(2)3/h8,10H,5-7,9H2,1-4H3,(H,17,21)(H,18,19). The minimum Gasteiger partial charge on any atom is -0.472 e. The van der Waals surface area contributed by atoms with Crippen molar-refractivity contribution in [2.24, 2.45) is 0 Å². The number of hydrogen-bond acceptors (Lipinski definition) is 5. The van der Waals surface area contributed by atoms with Gasteiger partial charge in [0, 0.05) is 12.1 Å². The fourth-order valence-corrected chi connectivity index (χ4v) is 2.14. The molecule has 0 aliphatic heterocycles. The van der Waals surface area contributed by atoms with E-state index >= 15 is 0 Å². The molecule has 2 aromatic heterocycles. The van der Waals surface area contributed by atoms with Crippen LogP contribution in [0.5, 0.6) is 5.88 Å². The molecule has 0 saturated heterocycles. The van der Waals surface area contributed by atoms with Crippen LogP contribution >= 0.6 is 0 Å². The third-order valence-electron chi connectivity index (χ3n) is 3.42. The highest BCUT2D eigenvalue weighted by atomic mass is 16.5. The predicted molar refractivity (Wildman–Crippen MR) is 85.4 cm³/mol. The zero-order valence-electron chi connectivity index (χ0n) is 14.1. The number of nitrogens with zero attached hydrogens (tertiary/aromatic N) is 2. The lowest BCUT2D eigenvalue weighted by atomic mass is 10.1. The van der Waals surface area contributed by atoms with E-state index in [-0.39, 0.29) is 11.9 Å². The third kappa shape index (κ3) is 4.58. The Labute approximate surface area is 135 Å². The van der Waals surface area contributed by atoms with Crippen molar-refractivity contribution in [1.82, 2.24) is 20.7 Å². The summed E-state index contributed by atoms with van der Waals surface area (Å²) in [5.41, 5.74) is 2.26. The first-order valence-corrected chi connectivity index (χ1v) is 7.94. The van der Waals surface area contributed by atoms with Crippen LogP contribution in [0.1, 0.15) is 61.1 Å². The molecule has 7 heteroatoms. The lowest BCUT2D eigenvalue weighted by Gasteiger charge is -2.05. The van der Waals surface area contributed by atoms with Crippen LogP contribution in [-0.4, -0.2) is 27.3 Å². The number of carbonyl (C=O) groups is 1. The quantitative estimate of drug-likeness (QED) is 0.780. The Bertz CT molecular complexity index is 646. The van der Waals surface area contributed by atoms with E-state index in [9.17, 15) is 4.79 Å². The summed E-state index contributed by atoms with van der Waals surface area (Å²) in [4.78, 5) is 11.9. The second-order valence-electron chi connectivity index (χ2n) is 5.80. The van der Waals surface area contributed by atoms with Crippen LogP contribution in [0.25, 0.3) is 0 Å². The number of rotatable bonds is 8. The summed E-state index contributed by atoms with van der Waals surface area (Å²) in [6, 6.07) is 1.66. The predicted octanol–water partition coefficient (Wildman–Crippen LogP) is 2.77. The first-order chi connectivity index (χ1) is 11.0. The van der Waals surface area contributed by atoms with Gasteiger partial charge in [-0.05, 0) is 33.6 Å². The Morgan fingerprint density at radius 1 is 1.48 bits per heavy atom. The molecule has 0 spiro atoms. The van der Waals surface area contributed by atoms with Crippen molar-refractivity contribution in [2.45, 2.75) is 59.6 Å². The van der Waals surface area contributed by atoms with Gasteiger partial charge in [0.25, 0.3) is 5.91 Å². The number of unbranched alkanes of at least 4 members (excludes halogenated alkanes) is 1. The lowest BCUT2D eigenvalue weighted by Crippen LogP contribution is -2.30. The molecule has 0 unspecified atom stereocenters. The van der Waals surface area contributed by atoms with Gasteiger partial charge in [-0.1, -0.05) is 18.5 Å². The van der Waals surface area contributed by atoms with Gasteiger partial charge in [-0.15, -0.1) is 5.10 Å². The third-order valence-corrected chi connectivity index (χ3v) is 3.42. The number of aromatic amines is 1. The first-order valence-electron chi connectivity index (χ1n) is 7.94. The van der Waals surface area contributed by atoms with Gasteiger partial charge in [0.1, 0.15) is 18.1 Å². The summed E-state index contributed by atoms with van der Waals surface area (Å²) in [6.45, 7) is 8.13. The molecule has 2 aromatic rings. The summed E-state index contributed by atoms with van der Waals surface area (Å²) in [6.07, 6.45) is 3.02. The van der Waals surface area contributed by atoms with Gasteiger partial charge in [0.15, 0.2) is 0 Å². The van der Waals surface area contributed by atoms with Crippen molar-refractivity contribution in [1.29, 1.82) is 0 Å². The highest BCUT2D eigenvalue weighted by molar-refractivity contribution is 5.92. The Kier molecular flexibility index (Phi) is 5.78. The molecule has 7 nitrogen and oxygen atoms in total. The molecule has 23 heavy (non-hydrogen) atoms. The van der Waals surface area contributed by atoms with Crippen LogP contribution < -0.4 is 10.1 Å². The molecule has 2 rings (SSSR count). The molecule has 2 heterocycles. The van der Waals surface area contributed by atoms with E-state index in [1.165, 1.54) is 0 Å². The monoisotopic (exact) mass is 320 g/mol. The van der Waals surface area contributed by atoms with E-state index in [1.807, 2.05) is 20.8 Å². The number of carbonyl (C=O) groups excluding carboxylic acids is 1. The van der Waals surface area contributed by atoms with Gasteiger partial charge in [-0.3, -0.25) is 9.89 Å². The molecular formula is C16H24N4O3. The number of H-pyrrole nitrogens is 1. The van der Waals surface area contributed by atoms with Crippen molar-refractivity contribution < 1.29 is 14.1 Å². The molecule has 0 aromatic carbocycles. The number of aryl methyl sites for hydroxylation is 2. The smallest absolute Gasteiger partial charge is 0.269 e. The lowest BCUT2D eigenvalue weighted by molar-refractivity contribution is 0.0938. The average molecular weight is 320 g/mol. The minimum absolute atomic E-state index is 0.0657. The summed E-state index contributed by atoms with van der Waals surface area (Å²) in [5.74, 6) is 0.928. The largest absolute Gasteiger partial charge is 0.472 e. The van der Waals surface area contributed by atoms with E-state index in [0.717, 1.165) is 36.3 Å². The highest BCUT2D eigenvalue weighted by Crippen LogP contribution is 2.18. The van der Waals surface area contributed by atoms with Crippen LogP contribution in [0.3, 0.4) is 0 Å². The fourth-order valence-electron chi connectivity index (χ4n) is 2.14. The van der Waals surface area contributed by atoms with Gasteiger partial charge in [-0.2, -0.15) is 0 Å². The zero-order chi connectivity index (χ0) is 16.8. The van der Waals surface area contributed by atoms with Crippen molar-refractivity contribution in [3.63, 3.8) is 0 Å². The molecule has 0 fully saturated rings. The van der Waals surface area contributed by atoms with Gasteiger partial charge in [0.2, 0.25) is 5.88 Å². The molecule has 1 amide bonds. The topological polar surface area (TPSA) is 93.0 Å². The number of nitrogens with one attached hydrogen (secondary N) is 2. The molecule has 126 valence electrons. The fraction of sp³-hybridized carbons (Fsp3) is 0.562. The summed E-state index contributed by atoms with van der Waals surface area (Å²) in [7, 11) is 0. The van der Waals surface area contributed by atoms with Crippen molar-refractivity contribution in [3.05, 3.63) is 28.8 Å². The van der Waals surface area contributed by atoms with Gasteiger partial charge in [-0.25, -0.2) is 0 Å². The number of amides is 1. The summed E-state index contributed by atoms with van der Waals surface area (Å²) >= 11 is 0. The molecule has 2 N–H and O–H groups in total. The van der Waals surface area contributed by atoms with Crippen molar-refractivity contribution in [3.8, 4) is 5.88 Å². The van der Waals surface area contributed by atoms with E-state index in [1.54, 1.807) is 6.07 Å². The number of ether oxygens (including phenoxy) is 1. The maximum Gasteiger partial charge on any atom is 0.269 e.